The molecule has 0 saturated carbocycles. The van der Waals surface area contributed by atoms with Crippen LogP contribution in [0.4, 0.5) is 5.13 Å². The minimum Gasteiger partial charge on any atom is -0.496 e. The van der Waals surface area contributed by atoms with Crippen LogP contribution in [0, 0.1) is 0 Å². The van der Waals surface area contributed by atoms with Crippen LogP contribution in [-0.4, -0.2) is 55.4 Å². The van der Waals surface area contributed by atoms with Gasteiger partial charge >= 0.3 is 0 Å². The Kier molecular flexibility index (Phi) is 6.22. The van der Waals surface area contributed by atoms with Crippen molar-refractivity contribution in [2.75, 3.05) is 30.7 Å². The first kappa shape index (κ1) is 19.9. The Morgan fingerprint density at radius 2 is 2.07 bits per heavy atom. The van der Waals surface area contributed by atoms with Crippen LogP contribution < -0.4 is 9.46 Å². The Balaban J connectivity index is 1.88. The fraction of sp³-hybridized carbons (Fsp3) is 0.438. The standard InChI is InChI=1S/C16H20N4O4S3/c1-3-25-16-18-17-15(26-16)19-27(22,23)11-6-7-13(24-2)12(10-11)14(21)20-8-4-5-9-20/h6-7,10H,3-5,8-9H2,1-2H3,(H,17,19). The molecule has 1 aromatic heterocycles. The molecule has 2 aromatic rings. The van der Waals surface area contributed by atoms with Crippen molar-refractivity contribution in [3.63, 3.8) is 0 Å². The molecule has 0 unspecified atom stereocenters. The van der Waals surface area contributed by atoms with Crippen LogP contribution in [-0.2, 0) is 10.0 Å². The summed E-state index contributed by atoms with van der Waals surface area (Å²) in [6.07, 6.45) is 1.89. The number of anilines is 1. The second kappa shape index (κ2) is 8.44. The summed E-state index contributed by atoms with van der Waals surface area (Å²) in [5.41, 5.74) is 0.238. The first-order chi connectivity index (χ1) is 12.9. The number of amides is 1. The third kappa shape index (κ3) is 4.53. The lowest BCUT2D eigenvalue weighted by molar-refractivity contribution is 0.0789. The number of hydrogen-bond acceptors (Lipinski definition) is 8. The van der Waals surface area contributed by atoms with Gasteiger partial charge in [-0.05, 0) is 36.8 Å². The number of carbonyl (C=O) groups excluding carboxylic acids is 1. The summed E-state index contributed by atoms with van der Waals surface area (Å²) in [6.45, 7) is 3.31. The molecule has 11 heteroatoms. The molecule has 0 aliphatic carbocycles. The van der Waals surface area contributed by atoms with E-state index in [2.05, 4.69) is 14.9 Å². The van der Waals surface area contributed by atoms with Gasteiger partial charge in [0.1, 0.15) is 5.75 Å². The number of sulfonamides is 1. The quantitative estimate of drug-likeness (QED) is 0.677. The summed E-state index contributed by atoms with van der Waals surface area (Å²) >= 11 is 2.65. The molecule has 1 amide bonds. The number of likely N-dealkylation sites (tertiary alicyclic amines) is 1. The molecule has 0 spiro atoms. The highest BCUT2D eigenvalue weighted by Gasteiger charge is 2.25. The van der Waals surface area contributed by atoms with E-state index in [1.807, 2.05) is 6.92 Å². The largest absolute Gasteiger partial charge is 0.496 e. The van der Waals surface area contributed by atoms with Crippen LogP contribution in [0.3, 0.4) is 0 Å². The minimum atomic E-state index is -3.90. The van der Waals surface area contributed by atoms with Crippen molar-refractivity contribution < 1.29 is 17.9 Å². The molecule has 1 aliphatic heterocycles. The maximum atomic E-state index is 12.7. The Labute approximate surface area is 166 Å². The number of rotatable bonds is 7. The molecule has 0 bridgehead atoms. The van der Waals surface area contributed by atoms with E-state index in [-0.39, 0.29) is 21.5 Å². The number of thioether (sulfide) groups is 1. The van der Waals surface area contributed by atoms with Crippen molar-refractivity contribution in [2.24, 2.45) is 0 Å². The second-order valence-electron chi connectivity index (χ2n) is 5.77. The van der Waals surface area contributed by atoms with Crippen LogP contribution in [0.25, 0.3) is 0 Å². The van der Waals surface area contributed by atoms with Gasteiger partial charge in [-0.15, -0.1) is 10.2 Å². The topological polar surface area (TPSA) is 101 Å². The zero-order valence-electron chi connectivity index (χ0n) is 15.0. The first-order valence-corrected chi connectivity index (χ1v) is 11.7. The summed E-state index contributed by atoms with van der Waals surface area (Å²) < 4.78 is 33.8. The zero-order valence-corrected chi connectivity index (χ0v) is 17.4. The number of carbonyl (C=O) groups is 1. The van der Waals surface area contributed by atoms with Gasteiger partial charge in [-0.3, -0.25) is 9.52 Å². The third-order valence-electron chi connectivity index (χ3n) is 4.00. The Hall–Kier alpha value is -1.85. The molecule has 0 atom stereocenters. The highest BCUT2D eigenvalue weighted by molar-refractivity contribution is 8.01. The van der Waals surface area contributed by atoms with Crippen LogP contribution in [0.1, 0.15) is 30.1 Å². The Morgan fingerprint density at radius 3 is 2.74 bits per heavy atom. The summed E-state index contributed by atoms with van der Waals surface area (Å²) in [5.74, 6) is 0.948. The SMILES string of the molecule is CCSc1nnc(NS(=O)(=O)c2ccc(OC)c(C(=O)N3CCCC3)c2)s1. The molecule has 27 heavy (non-hydrogen) atoms. The lowest BCUT2D eigenvalue weighted by Crippen LogP contribution is -2.28. The van der Waals surface area contributed by atoms with Crippen molar-refractivity contribution in [1.29, 1.82) is 0 Å². The van der Waals surface area contributed by atoms with E-state index in [4.69, 9.17) is 4.74 Å². The maximum absolute atomic E-state index is 12.7. The van der Waals surface area contributed by atoms with E-state index in [0.29, 0.717) is 23.2 Å². The van der Waals surface area contributed by atoms with Gasteiger partial charge < -0.3 is 9.64 Å². The lowest BCUT2D eigenvalue weighted by Gasteiger charge is -2.18. The molecule has 146 valence electrons. The summed E-state index contributed by atoms with van der Waals surface area (Å²) in [7, 11) is -2.44. The molecule has 1 aromatic carbocycles. The van der Waals surface area contributed by atoms with E-state index in [9.17, 15) is 13.2 Å². The van der Waals surface area contributed by atoms with Gasteiger partial charge in [0.15, 0.2) is 4.34 Å². The van der Waals surface area contributed by atoms with Crippen LogP contribution in [0.15, 0.2) is 27.4 Å². The normalized spacial score (nSPS) is 14.4. The average molecular weight is 429 g/mol. The first-order valence-electron chi connectivity index (χ1n) is 8.41. The summed E-state index contributed by atoms with van der Waals surface area (Å²) in [4.78, 5) is 14.4. The van der Waals surface area contributed by atoms with Crippen LogP contribution in [0.2, 0.25) is 0 Å². The van der Waals surface area contributed by atoms with Crippen molar-refractivity contribution in [3.8, 4) is 5.75 Å². The van der Waals surface area contributed by atoms with Gasteiger partial charge in [-0.1, -0.05) is 30.0 Å². The molecule has 8 nitrogen and oxygen atoms in total. The fourth-order valence-electron chi connectivity index (χ4n) is 2.72. The van der Waals surface area contributed by atoms with Gasteiger partial charge in [0.2, 0.25) is 5.13 Å². The van der Waals surface area contributed by atoms with E-state index < -0.39 is 10.0 Å². The maximum Gasteiger partial charge on any atom is 0.263 e. The van der Waals surface area contributed by atoms with Gasteiger partial charge in [-0.2, -0.15) is 0 Å². The number of hydrogen-bond donors (Lipinski definition) is 1. The third-order valence-corrected chi connectivity index (χ3v) is 7.32. The molecule has 1 aliphatic rings. The van der Waals surface area contributed by atoms with E-state index >= 15 is 0 Å². The van der Waals surface area contributed by atoms with Crippen LogP contribution in [0.5, 0.6) is 5.75 Å². The monoisotopic (exact) mass is 428 g/mol. The molecular weight excluding hydrogens is 408 g/mol. The number of nitrogens with one attached hydrogen (secondary N) is 1. The minimum absolute atomic E-state index is 0.0225. The molecule has 1 fully saturated rings. The van der Waals surface area contributed by atoms with E-state index in [1.54, 1.807) is 4.90 Å². The molecule has 1 saturated heterocycles. The van der Waals surface area contributed by atoms with Crippen molar-refractivity contribution >= 4 is 44.2 Å². The predicted molar refractivity (Wildman–Crippen MR) is 105 cm³/mol. The number of benzene rings is 1. The Morgan fingerprint density at radius 1 is 1.33 bits per heavy atom. The molecule has 3 rings (SSSR count). The molecule has 0 radical (unpaired) electrons. The highest BCUT2D eigenvalue weighted by atomic mass is 32.2. The zero-order chi connectivity index (χ0) is 19.4. The molecule has 1 N–H and O–H groups in total. The molecule has 2 heterocycles. The number of ether oxygens (including phenoxy) is 1. The van der Waals surface area contributed by atoms with Gasteiger partial charge in [0.25, 0.3) is 15.9 Å². The Bertz CT molecular complexity index is 923. The number of aromatic nitrogens is 2. The van der Waals surface area contributed by atoms with Crippen molar-refractivity contribution in [1.82, 2.24) is 15.1 Å². The van der Waals surface area contributed by atoms with Crippen LogP contribution >= 0.6 is 23.1 Å². The van der Waals surface area contributed by atoms with Gasteiger partial charge in [-0.25, -0.2) is 8.42 Å². The lowest BCUT2D eigenvalue weighted by atomic mass is 10.1. The molecular formula is C16H20N4O4S3. The number of nitrogens with zero attached hydrogens (tertiary/aromatic N) is 3. The fourth-order valence-corrected chi connectivity index (χ4v) is 5.62. The average Bonchev–Trinajstić information content (AvgIpc) is 3.33. The van der Waals surface area contributed by atoms with Gasteiger partial charge in [0, 0.05) is 13.1 Å². The van der Waals surface area contributed by atoms with Crippen molar-refractivity contribution in [2.45, 2.75) is 29.0 Å². The highest BCUT2D eigenvalue weighted by Crippen LogP contribution is 2.29. The summed E-state index contributed by atoms with van der Waals surface area (Å²) in [5, 5.41) is 7.98. The number of methoxy groups -OCH3 is 1. The van der Waals surface area contributed by atoms with E-state index in [1.165, 1.54) is 48.4 Å². The summed E-state index contributed by atoms with van der Waals surface area (Å²) in [6, 6.07) is 4.26. The predicted octanol–water partition coefficient (Wildman–Crippen LogP) is 2.70. The van der Waals surface area contributed by atoms with Crippen molar-refractivity contribution in [3.05, 3.63) is 23.8 Å². The smallest absolute Gasteiger partial charge is 0.263 e. The van der Waals surface area contributed by atoms with Gasteiger partial charge in [0.05, 0.1) is 17.6 Å². The second-order valence-corrected chi connectivity index (χ2v) is 9.94. The van der Waals surface area contributed by atoms with E-state index in [0.717, 1.165) is 18.6 Å².